The summed E-state index contributed by atoms with van der Waals surface area (Å²) >= 11 is 3.92. The Kier molecular flexibility index (Phi) is 4.41. The van der Waals surface area contributed by atoms with Gasteiger partial charge in [0.25, 0.3) is 5.91 Å². The van der Waals surface area contributed by atoms with Crippen molar-refractivity contribution in [2.45, 2.75) is 62.8 Å². The number of anilines is 1. The van der Waals surface area contributed by atoms with E-state index >= 15 is 0 Å². The molecule has 0 aromatic heterocycles. The Morgan fingerprint density at radius 3 is 2.54 bits per heavy atom. The summed E-state index contributed by atoms with van der Waals surface area (Å²) in [7, 11) is 0. The molecule has 1 N–H and O–H groups in total. The number of esters is 1. The van der Waals surface area contributed by atoms with E-state index < -0.39 is 11.5 Å². The van der Waals surface area contributed by atoms with Crippen molar-refractivity contribution >= 4 is 33.5 Å². The molecule has 3 atom stereocenters. The molecule has 0 heterocycles. The summed E-state index contributed by atoms with van der Waals surface area (Å²) in [6.07, 6.45) is 5.47. The third kappa shape index (κ3) is 3.30. The molecule has 3 unspecified atom stereocenters. The first-order chi connectivity index (χ1) is 12.3. The standard InChI is InChI=1S/C21H26BrNO3/c1-13-4-3-5-17(6-13)23-18(24)14(2)26-19(25)20-8-15-7-16(9-20)11-21(22,10-15)12-20/h3-6,14-16H,7-12H2,1-2H3,(H,23,24). The van der Waals surface area contributed by atoms with Gasteiger partial charge >= 0.3 is 5.97 Å². The number of halogens is 1. The van der Waals surface area contributed by atoms with E-state index in [1.807, 2.05) is 31.2 Å². The Morgan fingerprint density at radius 2 is 1.92 bits per heavy atom. The number of amides is 1. The molecule has 0 aliphatic heterocycles. The van der Waals surface area contributed by atoms with Crippen LogP contribution in [0.25, 0.3) is 0 Å². The van der Waals surface area contributed by atoms with Gasteiger partial charge in [-0.3, -0.25) is 9.59 Å². The Hall–Kier alpha value is -1.36. The van der Waals surface area contributed by atoms with Gasteiger partial charge in [-0.2, -0.15) is 0 Å². The van der Waals surface area contributed by atoms with Crippen LogP contribution in [0.2, 0.25) is 0 Å². The van der Waals surface area contributed by atoms with Gasteiger partial charge in [0, 0.05) is 10.0 Å². The van der Waals surface area contributed by atoms with Gasteiger partial charge in [-0.05, 0) is 81.9 Å². The molecule has 0 saturated heterocycles. The van der Waals surface area contributed by atoms with E-state index in [-0.39, 0.29) is 16.2 Å². The van der Waals surface area contributed by atoms with Crippen LogP contribution in [-0.4, -0.2) is 22.3 Å². The molecule has 0 radical (unpaired) electrons. The van der Waals surface area contributed by atoms with Crippen molar-refractivity contribution in [1.29, 1.82) is 0 Å². The molecule has 0 spiro atoms. The van der Waals surface area contributed by atoms with Crippen LogP contribution in [0.1, 0.15) is 51.0 Å². The highest BCUT2D eigenvalue weighted by Crippen LogP contribution is 2.64. The van der Waals surface area contributed by atoms with Gasteiger partial charge in [-0.1, -0.05) is 28.1 Å². The number of nitrogens with one attached hydrogen (secondary N) is 1. The molecular weight excluding hydrogens is 394 g/mol. The maximum absolute atomic E-state index is 13.0. The van der Waals surface area contributed by atoms with Crippen LogP contribution in [0.5, 0.6) is 0 Å². The molecule has 140 valence electrons. The Bertz CT molecular complexity index is 733. The van der Waals surface area contributed by atoms with Crippen molar-refractivity contribution in [2.75, 3.05) is 5.32 Å². The number of aryl methyl sites for hydroxylation is 1. The predicted molar refractivity (Wildman–Crippen MR) is 104 cm³/mol. The summed E-state index contributed by atoms with van der Waals surface area (Å²) in [5.74, 6) is 0.767. The fraction of sp³-hybridized carbons (Fsp3) is 0.619. The molecule has 1 aromatic carbocycles. The average molecular weight is 420 g/mol. The molecular formula is C21H26BrNO3. The van der Waals surface area contributed by atoms with Gasteiger partial charge in [-0.25, -0.2) is 0 Å². The number of ether oxygens (including phenoxy) is 1. The van der Waals surface area contributed by atoms with E-state index in [2.05, 4.69) is 21.2 Å². The Morgan fingerprint density at radius 1 is 1.23 bits per heavy atom. The van der Waals surface area contributed by atoms with Crippen LogP contribution in [0.15, 0.2) is 24.3 Å². The molecule has 4 fully saturated rings. The lowest BCUT2D eigenvalue weighted by molar-refractivity contribution is -0.175. The van der Waals surface area contributed by atoms with Crippen LogP contribution in [0.3, 0.4) is 0 Å². The van der Waals surface area contributed by atoms with Crippen molar-refractivity contribution in [1.82, 2.24) is 0 Å². The molecule has 5 heteroatoms. The van der Waals surface area contributed by atoms with Crippen LogP contribution in [0, 0.1) is 24.2 Å². The van der Waals surface area contributed by atoms with Crippen LogP contribution in [-0.2, 0) is 14.3 Å². The van der Waals surface area contributed by atoms with Gasteiger partial charge in [0.1, 0.15) is 0 Å². The number of carbonyl (C=O) groups excluding carboxylic acids is 2. The van der Waals surface area contributed by atoms with E-state index in [9.17, 15) is 9.59 Å². The van der Waals surface area contributed by atoms with Gasteiger partial charge in [0.2, 0.25) is 0 Å². The highest BCUT2D eigenvalue weighted by atomic mass is 79.9. The lowest BCUT2D eigenvalue weighted by Gasteiger charge is -2.58. The van der Waals surface area contributed by atoms with E-state index in [1.165, 1.54) is 19.3 Å². The molecule has 4 bridgehead atoms. The first-order valence-electron chi connectivity index (χ1n) is 9.55. The summed E-state index contributed by atoms with van der Waals surface area (Å²) in [6.45, 7) is 3.63. The lowest BCUT2D eigenvalue weighted by atomic mass is 9.49. The van der Waals surface area contributed by atoms with Gasteiger partial charge in [-0.15, -0.1) is 0 Å². The maximum Gasteiger partial charge on any atom is 0.312 e. The van der Waals surface area contributed by atoms with E-state index in [0.717, 1.165) is 30.5 Å². The lowest BCUT2D eigenvalue weighted by Crippen LogP contribution is -2.56. The summed E-state index contributed by atoms with van der Waals surface area (Å²) in [5, 5.41) is 2.84. The van der Waals surface area contributed by atoms with Crippen molar-refractivity contribution < 1.29 is 14.3 Å². The highest BCUT2D eigenvalue weighted by Gasteiger charge is 2.60. The molecule has 4 nitrogen and oxygen atoms in total. The number of alkyl halides is 1. The third-order valence-corrected chi connectivity index (χ3v) is 7.29. The predicted octanol–water partition coefficient (Wildman–Crippen LogP) is 4.60. The fourth-order valence-corrected chi connectivity index (χ4v) is 7.15. The normalized spacial score (nSPS) is 35.8. The van der Waals surface area contributed by atoms with Crippen molar-refractivity contribution in [3.63, 3.8) is 0 Å². The first kappa shape index (κ1) is 18.0. The second-order valence-electron chi connectivity index (χ2n) is 8.80. The summed E-state index contributed by atoms with van der Waals surface area (Å²) < 4.78 is 5.77. The number of carbonyl (C=O) groups is 2. The van der Waals surface area contributed by atoms with Crippen molar-refractivity contribution in [3.05, 3.63) is 29.8 Å². The smallest absolute Gasteiger partial charge is 0.312 e. The minimum atomic E-state index is -0.790. The summed E-state index contributed by atoms with van der Waals surface area (Å²) in [4.78, 5) is 25.5. The van der Waals surface area contributed by atoms with Crippen molar-refractivity contribution in [2.24, 2.45) is 17.3 Å². The Balaban J connectivity index is 1.42. The maximum atomic E-state index is 13.0. The molecule has 4 saturated carbocycles. The van der Waals surface area contributed by atoms with Crippen LogP contribution >= 0.6 is 15.9 Å². The first-order valence-corrected chi connectivity index (χ1v) is 10.3. The van der Waals surface area contributed by atoms with Crippen LogP contribution in [0.4, 0.5) is 5.69 Å². The molecule has 5 rings (SSSR count). The van der Waals surface area contributed by atoms with E-state index in [1.54, 1.807) is 6.92 Å². The van der Waals surface area contributed by atoms with E-state index in [4.69, 9.17) is 4.74 Å². The SMILES string of the molecule is Cc1cccc(NC(=O)C(C)OC(=O)C23CC4CC(CC(Br)(C4)C2)C3)c1. The molecule has 1 amide bonds. The molecule has 1 aromatic rings. The molecule has 4 aliphatic carbocycles. The highest BCUT2D eigenvalue weighted by molar-refractivity contribution is 9.10. The van der Waals surface area contributed by atoms with E-state index in [0.29, 0.717) is 11.8 Å². The topological polar surface area (TPSA) is 55.4 Å². The second kappa shape index (κ2) is 6.36. The van der Waals surface area contributed by atoms with Crippen molar-refractivity contribution in [3.8, 4) is 0 Å². The molecule has 26 heavy (non-hydrogen) atoms. The van der Waals surface area contributed by atoms with Gasteiger partial charge in [0.15, 0.2) is 6.10 Å². The zero-order chi connectivity index (χ0) is 18.5. The summed E-state index contributed by atoms with van der Waals surface area (Å²) in [5.41, 5.74) is 1.40. The monoisotopic (exact) mass is 419 g/mol. The minimum Gasteiger partial charge on any atom is -0.452 e. The largest absolute Gasteiger partial charge is 0.452 e. The van der Waals surface area contributed by atoms with Gasteiger partial charge < -0.3 is 10.1 Å². The second-order valence-corrected chi connectivity index (χ2v) is 10.5. The fourth-order valence-electron chi connectivity index (χ4n) is 5.70. The zero-order valence-corrected chi connectivity index (χ0v) is 17.0. The third-order valence-electron chi connectivity index (χ3n) is 6.36. The molecule has 4 aliphatic rings. The Labute approximate surface area is 163 Å². The number of benzene rings is 1. The quantitative estimate of drug-likeness (QED) is 0.572. The van der Waals surface area contributed by atoms with Crippen LogP contribution < -0.4 is 5.32 Å². The zero-order valence-electron chi connectivity index (χ0n) is 15.4. The van der Waals surface area contributed by atoms with Gasteiger partial charge in [0.05, 0.1) is 5.41 Å². The summed E-state index contributed by atoms with van der Waals surface area (Å²) in [6, 6.07) is 7.61. The average Bonchev–Trinajstić information content (AvgIpc) is 2.52. The minimum absolute atomic E-state index is 0.100. The number of rotatable bonds is 4. The number of hydrogen-bond acceptors (Lipinski definition) is 3. The number of hydrogen-bond donors (Lipinski definition) is 1.